The Morgan fingerprint density at radius 3 is 2.23 bits per heavy atom. The molecule has 126 valence electrons. The maximum atomic E-state index is 12.9. The topological polar surface area (TPSA) is 104 Å². The van der Waals surface area contributed by atoms with Gasteiger partial charge in [0, 0.05) is 19.5 Å². The first-order valence-corrected chi connectivity index (χ1v) is 7.60. The Kier molecular flexibility index (Phi) is 5.56. The molecular formula is C15H27N3O4. The average molecular weight is 313 g/mol. The fraction of sp³-hybridized carbons (Fsp3) is 0.800. The number of aliphatic hydroxyl groups is 1. The number of primary amides is 1. The summed E-state index contributed by atoms with van der Waals surface area (Å²) < 4.78 is 0. The third kappa shape index (κ3) is 3.24. The molecule has 22 heavy (non-hydrogen) atoms. The van der Waals surface area contributed by atoms with Gasteiger partial charge in [-0.1, -0.05) is 13.8 Å². The minimum atomic E-state index is -1.11. The summed E-state index contributed by atoms with van der Waals surface area (Å²) in [4.78, 5) is 39.5. The molecule has 1 fully saturated rings. The first-order valence-electron chi connectivity index (χ1n) is 7.60. The fourth-order valence-electron chi connectivity index (χ4n) is 3.11. The van der Waals surface area contributed by atoms with Crippen LogP contribution in [0.2, 0.25) is 0 Å². The van der Waals surface area contributed by atoms with Crippen LogP contribution in [0.5, 0.6) is 0 Å². The molecule has 0 aromatic carbocycles. The quantitative estimate of drug-likeness (QED) is 0.728. The van der Waals surface area contributed by atoms with Gasteiger partial charge in [0.2, 0.25) is 17.7 Å². The molecule has 3 N–H and O–H groups in total. The molecule has 0 aliphatic carbocycles. The predicted octanol–water partition coefficient (Wildman–Crippen LogP) is -0.283. The highest BCUT2D eigenvalue weighted by atomic mass is 16.3. The number of likely N-dealkylation sites (N-methyl/N-ethyl adjacent to an activating group) is 1. The van der Waals surface area contributed by atoms with Gasteiger partial charge < -0.3 is 20.6 Å². The van der Waals surface area contributed by atoms with Crippen LogP contribution in [0.3, 0.4) is 0 Å². The molecule has 1 aliphatic rings. The molecule has 7 nitrogen and oxygen atoms in total. The molecular weight excluding hydrogens is 286 g/mol. The maximum Gasteiger partial charge on any atom is 0.248 e. The standard InChI is InChI=1S/C15H27N3O4/c1-9(2)13(21)18-8-6-7-15(18,4)14(22)17(5)11(10(3)19)12(16)20/h9-11,19H,6-8H2,1-5H3,(H2,16,20)/t10-,11+,15+/m1/s1. The Labute approximate surface area is 131 Å². The number of rotatable bonds is 5. The second-order valence-corrected chi connectivity index (χ2v) is 6.53. The Morgan fingerprint density at radius 1 is 1.27 bits per heavy atom. The number of nitrogens with zero attached hydrogens (tertiary/aromatic N) is 2. The lowest BCUT2D eigenvalue weighted by Crippen LogP contribution is -2.61. The Morgan fingerprint density at radius 2 is 1.82 bits per heavy atom. The SMILES string of the molecule is CC(C)C(=O)N1CCC[C@@]1(C)C(=O)N(C)[C@H](C(N)=O)[C@@H](C)O. The van der Waals surface area contributed by atoms with Gasteiger partial charge in [-0.25, -0.2) is 0 Å². The second-order valence-electron chi connectivity index (χ2n) is 6.53. The van der Waals surface area contributed by atoms with Crippen LogP contribution in [0.15, 0.2) is 0 Å². The van der Waals surface area contributed by atoms with E-state index in [9.17, 15) is 19.5 Å². The van der Waals surface area contributed by atoms with Gasteiger partial charge in [-0.15, -0.1) is 0 Å². The van der Waals surface area contributed by atoms with Crippen LogP contribution in [0.25, 0.3) is 0 Å². The van der Waals surface area contributed by atoms with Gasteiger partial charge in [0.05, 0.1) is 6.10 Å². The number of nitrogens with two attached hydrogens (primary N) is 1. The van der Waals surface area contributed by atoms with E-state index in [0.29, 0.717) is 13.0 Å². The third-order valence-electron chi connectivity index (χ3n) is 4.35. The minimum absolute atomic E-state index is 0.0885. The summed E-state index contributed by atoms with van der Waals surface area (Å²) in [6, 6.07) is -1.11. The van der Waals surface area contributed by atoms with E-state index in [-0.39, 0.29) is 17.7 Å². The highest BCUT2D eigenvalue weighted by Crippen LogP contribution is 2.32. The van der Waals surface area contributed by atoms with E-state index in [1.54, 1.807) is 25.7 Å². The molecule has 3 atom stereocenters. The molecule has 0 aromatic rings. The van der Waals surface area contributed by atoms with Crippen molar-refractivity contribution in [2.75, 3.05) is 13.6 Å². The molecule has 0 radical (unpaired) electrons. The zero-order chi connectivity index (χ0) is 17.2. The minimum Gasteiger partial charge on any atom is -0.391 e. The van der Waals surface area contributed by atoms with Crippen molar-refractivity contribution in [2.24, 2.45) is 11.7 Å². The number of hydrogen-bond acceptors (Lipinski definition) is 4. The average Bonchev–Trinajstić information content (AvgIpc) is 2.78. The van der Waals surface area contributed by atoms with Gasteiger partial charge in [0.15, 0.2) is 0 Å². The molecule has 0 bridgehead atoms. The molecule has 0 saturated carbocycles. The zero-order valence-corrected chi connectivity index (χ0v) is 14.0. The first-order chi connectivity index (χ1) is 10.0. The first kappa shape index (κ1) is 18.4. The largest absolute Gasteiger partial charge is 0.391 e. The van der Waals surface area contributed by atoms with Gasteiger partial charge in [0.1, 0.15) is 11.6 Å². The van der Waals surface area contributed by atoms with Crippen LogP contribution in [0, 0.1) is 5.92 Å². The van der Waals surface area contributed by atoms with E-state index in [1.807, 2.05) is 0 Å². The summed E-state index contributed by atoms with van der Waals surface area (Å²) in [7, 11) is 1.44. The van der Waals surface area contributed by atoms with Crippen molar-refractivity contribution in [2.45, 2.75) is 58.2 Å². The number of likely N-dealkylation sites (tertiary alicyclic amines) is 1. The molecule has 1 heterocycles. The normalized spacial score (nSPS) is 24.2. The van der Waals surface area contributed by atoms with Crippen LogP contribution < -0.4 is 5.73 Å². The summed E-state index contributed by atoms with van der Waals surface area (Å²) in [5.74, 6) is -1.44. The summed E-state index contributed by atoms with van der Waals surface area (Å²) in [5.41, 5.74) is 4.29. The van der Waals surface area contributed by atoms with Crippen molar-refractivity contribution in [3.8, 4) is 0 Å². The van der Waals surface area contributed by atoms with Gasteiger partial charge in [-0.3, -0.25) is 14.4 Å². The molecule has 3 amide bonds. The monoisotopic (exact) mass is 313 g/mol. The lowest BCUT2D eigenvalue weighted by Gasteiger charge is -2.40. The van der Waals surface area contributed by atoms with Crippen molar-refractivity contribution in [1.29, 1.82) is 0 Å². The van der Waals surface area contributed by atoms with E-state index in [2.05, 4.69) is 0 Å². The number of hydrogen-bond donors (Lipinski definition) is 2. The van der Waals surface area contributed by atoms with Crippen LogP contribution in [-0.2, 0) is 14.4 Å². The van der Waals surface area contributed by atoms with E-state index in [0.717, 1.165) is 6.42 Å². The summed E-state index contributed by atoms with van der Waals surface area (Å²) >= 11 is 0. The number of amides is 3. The molecule has 7 heteroatoms. The molecule has 0 unspecified atom stereocenters. The zero-order valence-electron chi connectivity index (χ0n) is 14.0. The lowest BCUT2D eigenvalue weighted by molar-refractivity contribution is -0.155. The van der Waals surface area contributed by atoms with Crippen molar-refractivity contribution >= 4 is 17.7 Å². The maximum absolute atomic E-state index is 12.9. The van der Waals surface area contributed by atoms with Crippen molar-refractivity contribution in [3.63, 3.8) is 0 Å². The summed E-state index contributed by atoms with van der Waals surface area (Å²) in [6.45, 7) is 7.21. The van der Waals surface area contributed by atoms with Crippen molar-refractivity contribution < 1.29 is 19.5 Å². The summed E-state index contributed by atoms with van der Waals surface area (Å²) in [5, 5.41) is 9.72. The van der Waals surface area contributed by atoms with Gasteiger partial charge in [-0.05, 0) is 26.7 Å². The molecule has 1 rings (SSSR count). The van der Waals surface area contributed by atoms with E-state index >= 15 is 0 Å². The fourth-order valence-corrected chi connectivity index (χ4v) is 3.11. The van der Waals surface area contributed by atoms with Gasteiger partial charge in [0.25, 0.3) is 0 Å². The smallest absolute Gasteiger partial charge is 0.248 e. The van der Waals surface area contributed by atoms with Crippen LogP contribution in [0.4, 0.5) is 0 Å². The highest BCUT2D eigenvalue weighted by molar-refractivity contribution is 5.95. The van der Waals surface area contributed by atoms with E-state index < -0.39 is 23.6 Å². The number of aliphatic hydroxyl groups excluding tert-OH is 1. The van der Waals surface area contributed by atoms with Crippen LogP contribution in [-0.4, -0.2) is 63.9 Å². The molecule has 1 aliphatic heterocycles. The molecule has 0 aromatic heterocycles. The van der Waals surface area contributed by atoms with E-state index in [1.165, 1.54) is 18.9 Å². The predicted molar refractivity (Wildman–Crippen MR) is 81.6 cm³/mol. The van der Waals surface area contributed by atoms with Crippen molar-refractivity contribution in [3.05, 3.63) is 0 Å². The Hall–Kier alpha value is -1.63. The van der Waals surface area contributed by atoms with Gasteiger partial charge in [-0.2, -0.15) is 0 Å². The summed E-state index contributed by atoms with van der Waals surface area (Å²) in [6.07, 6.45) is 0.176. The number of carbonyl (C=O) groups excluding carboxylic acids is 3. The number of carbonyl (C=O) groups is 3. The Balaban J connectivity index is 3.08. The Bertz CT molecular complexity index is 464. The van der Waals surface area contributed by atoms with E-state index in [4.69, 9.17) is 5.73 Å². The second kappa shape index (κ2) is 6.64. The lowest BCUT2D eigenvalue weighted by atomic mass is 9.94. The van der Waals surface area contributed by atoms with Gasteiger partial charge >= 0.3 is 0 Å². The highest BCUT2D eigenvalue weighted by Gasteiger charge is 2.49. The third-order valence-corrected chi connectivity index (χ3v) is 4.35. The van der Waals surface area contributed by atoms with Crippen LogP contribution >= 0.6 is 0 Å². The molecule has 1 saturated heterocycles. The molecule has 0 spiro atoms. The van der Waals surface area contributed by atoms with Crippen LogP contribution in [0.1, 0.15) is 40.5 Å². The van der Waals surface area contributed by atoms with Crippen molar-refractivity contribution in [1.82, 2.24) is 9.80 Å².